The molecule has 0 spiro atoms. The summed E-state index contributed by atoms with van der Waals surface area (Å²) in [6, 6.07) is 58.3. The third-order valence-electron chi connectivity index (χ3n) is 12.6. The molecule has 0 N–H and O–H groups in total. The summed E-state index contributed by atoms with van der Waals surface area (Å²) in [6.07, 6.45) is 14.1. The van der Waals surface area contributed by atoms with Crippen molar-refractivity contribution in [3.05, 3.63) is 204 Å². The van der Waals surface area contributed by atoms with Gasteiger partial charge in [0.2, 0.25) is 0 Å². The lowest BCUT2D eigenvalue weighted by atomic mass is 9.96. The number of benzene rings is 7. The predicted octanol–water partition coefficient (Wildman–Crippen LogP) is 14.7. The van der Waals surface area contributed by atoms with E-state index in [1.165, 1.54) is 83.3 Å². The topological polar surface area (TPSA) is 21.3 Å². The van der Waals surface area contributed by atoms with Crippen LogP contribution in [-0.4, -0.2) is 4.57 Å². The Morgan fingerprint density at radius 1 is 0.483 bits per heavy atom. The molecule has 0 bridgehead atoms. The van der Waals surface area contributed by atoms with Gasteiger partial charge in [0, 0.05) is 50.8 Å². The maximum atomic E-state index is 6.37. The van der Waals surface area contributed by atoms with Crippen molar-refractivity contribution < 1.29 is 4.42 Å². The summed E-state index contributed by atoms with van der Waals surface area (Å²) in [5.74, 6) is 1.01. The first-order chi connectivity index (χ1) is 28.7. The summed E-state index contributed by atoms with van der Waals surface area (Å²) < 4.78 is 8.80. The van der Waals surface area contributed by atoms with Gasteiger partial charge in [-0.25, -0.2) is 0 Å². The highest BCUT2D eigenvalue weighted by Crippen LogP contribution is 2.43. The zero-order chi connectivity index (χ0) is 38.2. The number of hydrogen-bond donors (Lipinski definition) is 0. The Morgan fingerprint density at radius 2 is 1.21 bits per heavy atom. The lowest BCUT2D eigenvalue weighted by Gasteiger charge is -2.26. The number of allylic oxidation sites excluding steroid dienone is 2. The minimum atomic E-state index is 0.966. The van der Waals surface area contributed by atoms with Gasteiger partial charge in [-0.1, -0.05) is 97.1 Å². The fourth-order valence-corrected chi connectivity index (χ4v) is 9.78. The maximum Gasteiger partial charge on any atom is 0.137 e. The number of hydrogen-bond acceptors (Lipinski definition) is 2. The van der Waals surface area contributed by atoms with E-state index in [0.717, 1.165) is 60.5 Å². The van der Waals surface area contributed by atoms with Crippen LogP contribution in [-0.2, 0) is 19.3 Å². The van der Waals surface area contributed by atoms with Crippen molar-refractivity contribution in [3.63, 3.8) is 0 Å². The smallest absolute Gasteiger partial charge is 0.137 e. The second kappa shape index (κ2) is 13.2. The van der Waals surface area contributed by atoms with Crippen molar-refractivity contribution in [1.82, 2.24) is 4.57 Å². The molecule has 0 fully saturated rings. The molecule has 0 saturated heterocycles. The molecule has 3 heteroatoms. The van der Waals surface area contributed by atoms with Crippen LogP contribution in [0.5, 0.6) is 0 Å². The molecule has 0 amide bonds. The number of rotatable bonds is 6. The molecule has 3 aliphatic carbocycles. The largest absolute Gasteiger partial charge is 0.456 e. The third-order valence-corrected chi connectivity index (χ3v) is 12.6. The van der Waals surface area contributed by atoms with Crippen molar-refractivity contribution in [3.8, 4) is 39.1 Å². The average molecular weight is 745 g/mol. The minimum Gasteiger partial charge on any atom is -0.456 e. The first-order valence-electron chi connectivity index (χ1n) is 20.6. The summed E-state index contributed by atoms with van der Waals surface area (Å²) in [6.45, 7) is 0. The van der Waals surface area contributed by atoms with Gasteiger partial charge in [0.15, 0.2) is 0 Å². The fourth-order valence-electron chi connectivity index (χ4n) is 9.78. The van der Waals surface area contributed by atoms with Crippen LogP contribution in [0.4, 0.5) is 17.1 Å². The van der Waals surface area contributed by atoms with Gasteiger partial charge in [-0.05, 0) is 161 Å². The number of aryl methyl sites for hydroxylation is 2. The summed E-state index contributed by atoms with van der Waals surface area (Å²) in [5.41, 5.74) is 21.2. The molecular weight excluding hydrogens is 705 g/mol. The van der Waals surface area contributed by atoms with E-state index in [9.17, 15) is 0 Å². The van der Waals surface area contributed by atoms with E-state index in [4.69, 9.17) is 4.42 Å². The van der Waals surface area contributed by atoms with Gasteiger partial charge >= 0.3 is 0 Å². The van der Waals surface area contributed by atoms with E-state index >= 15 is 0 Å². The SMILES string of the molecule is C1=Cc2oc3cc(-n4c5c(c6cc(-c7cccc(-c8ccc(N(c9ccccc9)c9ccc%10c(c9)Cc9ccccc9-%10)cc8)c7)ccc64)CCC=C5)ccc3c2CC1. The quantitative estimate of drug-likeness (QED) is 0.169. The lowest BCUT2D eigenvalue weighted by Crippen LogP contribution is -2.10. The lowest BCUT2D eigenvalue weighted by molar-refractivity contribution is 0.595. The zero-order valence-corrected chi connectivity index (χ0v) is 32.2. The first kappa shape index (κ1) is 33.1. The monoisotopic (exact) mass is 744 g/mol. The molecule has 58 heavy (non-hydrogen) atoms. The summed E-state index contributed by atoms with van der Waals surface area (Å²) in [7, 11) is 0. The summed E-state index contributed by atoms with van der Waals surface area (Å²) >= 11 is 0. The fraction of sp³-hybridized carbons (Fsp3) is 0.0909. The Labute approximate surface area is 338 Å². The first-order valence-corrected chi connectivity index (χ1v) is 20.6. The van der Waals surface area contributed by atoms with Gasteiger partial charge in [0.05, 0.1) is 5.52 Å². The van der Waals surface area contributed by atoms with Crippen LogP contribution in [0.1, 0.15) is 46.5 Å². The van der Waals surface area contributed by atoms with Crippen LogP contribution in [0, 0.1) is 0 Å². The molecule has 0 saturated carbocycles. The zero-order valence-electron chi connectivity index (χ0n) is 32.2. The number of para-hydroxylation sites is 1. The Hall–Kier alpha value is -7.10. The highest BCUT2D eigenvalue weighted by molar-refractivity contribution is 5.95. The minimum absolute atomic E-state index is 0.966. The van der Waals surface area contributed by atoms with Gasteiger partial charge in [0.25, 0.3) is 0 Å². The molecule has 0 aliphatic heterocycles. The van der Waals surface area contributed by atoms with Crippen molar-refractivity contribution in [2.75, 3.05) is 4.90 Å². The Morgan fingerprint density at radius 3 is 2.10 bits per heavy atom. The number of fused-ring (bicyclic) bond motifs is 9. The van der Waals surface area contributed by atoms with Crippen LogP contribution in [0.15, 0.2) is 174 Å². The van der Waals surface area contributed by atoms with E-state index < -0.39 is 0 Å². The molecule has 0 atom stereocenters. The standard InChI is InChI=1S/C55H40N2O/c1-2-14-42(15-3-1)56(44-26-28-47-41(33-44)32-40-11-4-5-16-46(40)47)43-24-21-36(22-25-43)37-12-10-13-38(31-37)39-23-30-53-51(34-39)48-17-6-8-19-52(48)57(53)45-27-29-50-49-18-7-9-20-54(49)58-55(50)35-45/h1-5,8-16,19-31,33-35H,6-7,17-18,32H2. The molecule has 0 unspecified atom stereocenters. The van der Waals surface area contributed by atoms with E-state index in [-0.39, 0.29) is 0 Å². The van der Waals surface area contributed by atoms with Gasteiger partial charge in [0.1, 0.15) is 11.3 Å². The van der Waals surface area contributed by atoms with E-state index in [0.29, 0.717) is 0 Å². The van der Waals surface area contributed by atoms with Crippen LogP contribution in [0.25, 0.3) is 73.1 Å². The Bertz CT molecular complexity index is 3140. The maximum absolute atomic E-state index is 6.37. The van der Waals surface area contributed by atoms with Crippen molar-refractivity contribution in [2.45, 2.75) is 32.1 Å². The Balaban J connectivity index is 0.883. The second-order valence-corrected chi connectivity index (χ2v) is 15.9. The summed E-state index contributed by atoms with van der Waals surface area (Å²) in [5, 5.41) is 2.56. The molecule has 12 rings (SSSR count). The Kier molecular flexibility index (Phi) is 7.56. The molecule has 2 aromatic heterocycles. The molecule has 7 aromatic carbocycles. The number of furan rings is 1. The number of aromatic nitrogens is 1. The molecule has 3 aliphatic rings. The van der Waals surface area contributed by atoms with Crippen LogP contribution >= 0.6 is 0 Å². The van der Waals surface area contributed by atoms with Crippen molar-refractivity contribution in [1.29, 1.82) is 0 Å². The van der Waals surface area contributed by atoms with E-state index in [2.05, 4.69) is 191 Å². The van der Waals surface area contributed by atoms with Gasteiger partial charge in [-0.15, -0.1) is 0 Å². The molecule has 2 heterocycles. The van der Waals surface area contributed by atoms with Crippen molar-refractivity contribution in [2.24, 2.45) is 0 Å². The molecule has 276 valence electrons. The molecule has 3 nitrogen and oxygen atoms in total. The predicted molar refractivity (Wildman–Crippen MR) is 242 cm³/mol. The van der Waals surface area contributed by atoms with Gasteiger partial charge in [-0.2, -0.15) is 0 Å². The molecule has 0 radical (unpaired) electrons. The van der Waals surface area contributed by atoms with Crippen molar-refractivity contribution >= 4 is 51.1 Å². The molecular formula is C55H40N2O. The number of nitrogens with zero attached hydrogens (tertiary/aromatic N) is 2. The normalized spacial score (nSPS) is 13.7. The van der Waals surface area contributed by atoms with Gasteiger partial charge in [-0.3, -0.25) is 0 Å². The van der Waals surface area contributed by atoms with Crippen LogP contribution in [0.2, 0.25) is 0 Å². The highest BCUT2D eigenvalue weighted by atomic mass is 16.3. The average Bonchev–Trinajstić information content (AvgIpc) is 3.96. The molecule has 9 aromatic rings. The second-order valence-electron chi connectivity index (χ2n) is 15.9. The third kappa shape index (κ3) is 5.34. The number of anilines is 3. The van der Waals surface area contributed by atoms with Crippen LogP contribution < -0.4 is 4.90 Å². The van der Waals surface area contributed by atoms with Gasteiger partial charge < -0.3 is 13.9 Å². The highest BCUT2D eigenvalue weighted by Gasteiger charge is 2.23. The van der Waals surface area contributed by atoms with Crippen LogP contribution in [0.3, 0.4) is 0 Å². The van der Waals surface area contributed by atoms with E-state index in [1.54, 1.807) is 0 Å². The summed E-state index contributed by atoms with van der Waals surface area (Å²) in [4.78, 5) is 2.37. The van der Waals surface area contributed by atoms with E-state index in [1.807, 2.05) is 0 Å².